The summed E-state index contributed by atoms with van der Waals surface area (Å²) >= 11 is 2.27. The molecule has 0 atom stereocenters. The van der Waals surface area contributed by atoms with Gasteiger partial charge in [-0.05, 0) is 79.5 Å². The normalized spacial score (nSPS) is 17.2. The molecule has 0 saturated carbocycles. The Balaban J connectivity index is 1.45. The zero-order chi connectivity index (χ0) is 22.9. The Hall–Kier alpha value is -2.29. The molecule has 1 saturated heterocycles. The van der Waals surface area contributed by atoms with Crippen molar-refractivity contribution in [2.24, 2.45) is 0 Å². The van der Waals surface area contributed by atoms with Crippen LogP contribution in [-0.4, -0.2) is 42.3 Å². The van der Waals surface area contributed by atoms with Crippen LogP contribution in [0.4, 0.5) is 15.3 Å². The second-order valence-electron chi connectivity index (χ2n) is 9.54. The Morgan fingerprint density at radius 1 is 1.03 bits per heavy atom. The molecule has 1 spiro atoms. The van der Waals surface area contributed by atoms with Gasteiger partial charge in [-0.15, -0.1) is 0 Å². The number of amides is 2. The first-order valence-electron chi connectivity index (χ1n) is 10.9. The van der Waals surface area contributed by atoms with Gasteiger partial charge in [-0.3, -0.25) is 4.90 Å². The molecule has 7 heteroatoms. The molecule has 2 heterocycles. The maximum absolute atomic E-state index is 13.0. The van der Waals surface area contributed by atoms with Crippen molar-refractivity contribution in [3.63, 3.8) is 0 Å². The van der Waals surface area contributed by atoms with Crippen LogP contribution in [0.3, 0.4) is 0 Å². The summed E-state index contributed by atoms with van der Waals surface area (Å²) in [5.74, 6) is 0. The van der Waals surface area contributed by atoms with Crippen molar-refractivity contribution >= 4 is 40.5 Å². The third-order valence-electron chi connectivity index (χ3n) is 6.08. The zero-order valence-electron chi connectivity index (χ0n) is 18.8. The average molecular weight is 548 g/mol. The van der Waals surface area contributed by atoms with E-state index in [0.29, 0.717) is 19.6 Å². The minimum absolute atomic E-state index is 0.174. The summed E-state index contributed by atoms with van der Waals surface area (Å²) in [6.07, 6.45) is 0.955. The first kappa shape index (κ1) is 22.9. The number of ether oxygens (including phenoxy) is 2. The molecule has 2 aromatic rings. The van der Waals surface area contributed by atoms with Gasteiger partial charge >= 0.3 is 12.2 Å². The maximum Gasteiger partial charge on any atom is 0.414 e. The summed E-state index contributed by atoms with van der Waals surface area (Å²) in [6, 6.07) is 16.0. The van der Waals surface area contributed by atoms with E-state index >= 15 is 0 Å². The second-order valence-corrected chi connectivity index (χ2v) is 10.8. The Morgan fingerprint density at radius 2 is 1.72 bits per heavy atom. The first-order chi connectivity index (χ1) is 15.2. The molecule has 0 aromatic heterocycles. The smallest absolute Gasteiger partial charge is 0.414 e. The highest BCUT2D eigenvalue weighted by Gasteiger charge is 2.48. The van der Waals surface area contributed by atoms with E-state index in [9.17, 15) is 9.59 Å². The lowest BCUT2D eigenvalue weighted by Gasteiger charge is -2.39. The van der Waals surface area contributed by atoms with Crippen LogP contribution in [0, 0.1) is 3.57 Å². The second kappa shape index (κ2) is 8.92. The number of carbonyl (C=O) groups excluding carboxylic acids is 2. The molecule has 0 N–H and O–H groups in total. The third-order valence-corrected chi connectivity index (χ3v) is 6.75. The maximum atomic E-state index is 13.0. The Morgan fingerprint density at radius 3 is 2.38 bits per heavy atom. The molecular weight excluding hydrogens is 519 g/mol. The van der Waals surface area contributed by atoms with Crippen LogP contribution in [-0.2, 0) is 21.5 Å². The molecule has 0 aliphatic carbocycles. The van der Waals surface area contributed by atoms with E-state index in [2.05, 4.69) is 40.8 Å². The lowest BCUT2D eigenvalue weighted by atomic mass is 9.74. The average Bonchev–Trinajstić information content (AvgIpc) is 3.05. The summed E-state index contributed by atoms with van der Waals surface area (Å²) in [5.41, 5.74) is 2.34. The number of piperidine rings is 1. The van der Waals surface area contributed by atoms with E-state index in [1.807, 2.05) is 51.1 Å². The summed E-state index contributed by atoms with van der Waals surface area (Å²) in [4.78, 5) is 29.1. The molecule has 0 unspecified atom stereocenters. The molecule has 32 heavy (non-hydrogen) atoms. The van der Waals surface area contributed by atoms with Gasteiger partial charge in [-0.1, -0.05) is 36.4 Å². The van der Waals surface area contributed by atoms with E-state index in [4.69, 9.17) is 9.47 Å². The van der Waals surface area contributed by atoms with Crippen molar-refractivity contribution in [1.29, 1.82) is 0 Å². The topological polar surface area (TPSA) is 59.1 Å². The van der Waals surface area contributed by atoms with Crippen molar-refractivity contribution in [3.05, 3.63) is 63.2 Å². The summed E-state index contributed by atoms with van der Waals surface area (Å²) in [5, 5.41) is 0. The Bertz CT molecular complexity index is 995. The van der Waals surface area contributed by atoms with Crippen molar-refractivity contribution in [1.82, 2.24) is 4.90 Å². The predicted molar refractivity (Wildman–Crippen MR) is 132 cm³/mol. The Labute approximate surface area is 203 Å². The Kier molecular flexibility index (Phi) is 6.38. The number of hydrogen-bond acceptors (Lipinski definition) is 4. The molecule has 4 rings (SSSR count). The molecular formula is C25H29IN2O4. The third kappa shape index (κ3) is 4.87. The fourth-order valence-corrected chi connectivity index (χ4v) is 4.96. The molecule has 2 aliphatic heterocycles. The van der Waals surface area contributed by atoms with Crippen LogP contribution >= 0.6 is 22.6 Å². The quantitative estimate of drug-likeness (QED) is 0.451. The summed E-state index contributed by atoms with van der Waals surface area (Å²) < 4.78 is 12.3. The van der Waals surface area contributed by atoms with E-state index in [-0.39, 0.29) is 24.2 Å². The van der Waals surface area contributed by atoms with Crippen molar-refractivity contribution < 1.29 is 19.1 Å². The van der Waals surface area contributed by atoms with E-state index in [0.717, 1.165) is 27.7 Å². The molecule has 0 bridgehead atoms. The van der Waals surface area contributed by atoms with Gasteiger partial charge in [0.05, 0.1) is 5.69 Å². The molecule has 6 nitrogen and oxygen atoms in total. The highest BCUT2D eigenvalue weighted by Crippen LogP contribution is 2.48. The number of anilines is 1. The van der Waals surface area contributed by atoms with E-state index in [1.54, 1.807) is 9.80 Å². The van der Waals surface area contributed by atoms with Gasteiger partial charge in [-0.2, -0.15) is 0 Å². The number of hydrogen-bond donors (Lipinski definition) is 0. The van der Waals surface area contributed by atoms with E-state index < -0.39 is 5.60 Å². The van der Waals surface area contributed by atoms with Crippen LogP contribution in [0.15, 0.2) is 48.5 Å². The van der Waals surface area contributed by atoms with Gasteiger partial charge < -0.3 is 14.4 Å². The van der Waals surface area contributed by atoms with Crippen molar-refractivity contribution in [3.8, 4) is 0 Å². The highest BCUT2D eigenvalue weighted by atomic mass is 127. The lowest BCUT2D eigenvalue weighted by Crippen LogP contribution is -2.48. The molecule has 2 aromatic carbocycles. The number of rotatable bonds is 2. The summed E-state index contributed by atoms with van der Waals surface area (Å²) in [7, 11) is 0. The van der Waals surface area contributed by atoms with Crippen molar-refractivity contribution in [2.75, 3.05) is 24.5 Å². The standard InChI is InChI=1S/C25H29IN2O4/c1-24(2,3)32-23(30)28-17-25(20-10-9-19(26)15-21(20)28)11-13-27(14-12-25)22(29)31-16-18-7-5-4-6-8-18/h4-10,15H,11-14,16-17H2,1-3H3. The largest absolute Gasteiger partial charge is 0.445 e. The minimum Gasteiger partial charge on any atom is -0.445 e. The number of halogens is 1. The fourth-order valence-electron chi connectivity index (χ4n) is 4.48. The molecule has 170 valence electrons. The summed E-state index contributed by atoms with van der Waals surface area (Å²) in [6.45, 7) is 7.69. The SMILES string of the molecule is CC(C)(C)OC(=O)N1CC2(CCN(C(=O)OCc3ccccc3)CC2)c2ccc(I)cc21. The molecule has 2 amide bonds. The van der Waals surface area contributed by atoms with Crippen LogP contribution in [0.1, 0.15) is 44.7 Å². The number of likely N-dealkylation sites (tertiary alicyclic amines) is 1. The molecule has 2 aliphatic rings. The number of carbonyl (C=O) groups is 2. The van der Waals surface area contributed by atoms with Gasteiger partial charge in [0.1, 0.15) is 12.2 Å². The number of fused-ring (bicyclic) bond motifs is 2. The zero-order valence-corrected chi connectivity index (χ0v) is 20.9. The van der Waals surface area contributed by atoms with Gasteiger partial charge in [0.15, 0.2) is 0 Å². The van der Waals surface area contributed by atoms with Gasteiger partial charge in [-0.25, -0.2) is 9.59 Å². The predicted octanol–water partition coefficient (Wildman–Crippen LogP) is 5.72. The van der Waals surface area contributed by atoms with Gasteiger partial charge in [0, 0.05) is 28.6 Å². The van der Waals surface area contributed by atoms with Gasteiger partial charge in [0.2, 0.25) is 0 Å². The van der Waals surface area contributed by atoms with Crippen LogP contribution in [0.5, 0.6) is 0 Å². The molecule has 1 fully saturated rings. The minimum atomic E-state index is -0.555. The van der Waals surface area contributed by atoms with Crippen molar-refractivity contribution in [2.45, 2.75) is 51.2 Å². The molecule has 0 radical (unpaired) electrons. The monoisotopic (exact) mass is 548 g/mol. The van der Waals surface area contributed by atoms with Crippen LogP contribution in [0.2, 0.25) is 0 Å². The van der Waals surface area contributed by atoms with E-state index in [1.165, 1.54) is 5.56 Å². The highest BCUT2D eigenvalue weighted by molar-refractivity contribution is 14.1. The van der Waals surface area contributed by atoms with Crippen LogP contribution < -0.4 is 4.90 Å². The fraction of sp³-hybridized carbons (Fsp3) is 0.440. The van der Waals surface area contributed by atoms with Gasteiger partial charge in [0.25, 0.3) is 0 Å². The van der Waals surface area contributed by atoms with Crippen LogP contribution in [0.25, 0.3) is 0 Å². The lowest BCUT2D eigenvalue weighted by molar-refractivity contribution is 0.0561. The number of benzene rings is 2. The number of nitrogens with zero attached hydrogens (tertiary/aromatic N) is 2. The first-order valence-corrected chi connectivity index (χ1v) is 12.0.